The van der Waals surface area contributed by atoms with Crippen LogP contribution in [0.3, 0.4) is 0 Å². The molecule has 0 spiro atoms. The summed E-state index contributed by atoms with van der Waals surface area (Å²) in [5, 5.41) is 0. The van der Waals surface area contributed by atoms with Crippen molar-refractivity contribution in [3.05, 3.63) is 59.2 Å². The normalized spacial score (nSPS) is 12.1. The van der Waals surface area contributed by atoms with Gasteiger partial charge in [0.25, 0.3) is 0 Å². The molecule has 0 bridgehead atoms. The van der Waals surface area contributed by atoms with Crippen LogP contribution in [0.4, 0.5) is 0 Å². The molecule has 2 rings (SSSR count). The molecular weight excluding hydrogens is 322 g/mol. The third kappa shape index (κ3) is 5.50. The van der Waals surface area contributed by atoms with Crippen molar-refractivity contribution in [3.8, 4) is 11.5 Å². The predicted molar refractivity (Wildman–Crippen MR) is 109 cm³/mol. The van der Waals surface area contributed by atoms with Gasteiger partial charge >= 0.3 is 0 Å². The minimum absolute atomic E-state index is 0.0233. The topological polar surface area (TPSA) is 44.5 Å². The summed E-state index contributed by atoms with van der Waals surface area (Å²) in [6.07, 6.45) is 0. The standard InChI is InChI=1S/C23H33NO2/c1-22(2,3)18-9-12-21(20(15-18)23(4,5)6)26-14-13-25-19-10-7-17(16-24)8-11-19/h7-12,15H,13-14,16,24H2,1-6H3. The van der Waals surface area contributed by atoms with E-state index in [2.05, 4.69) is 59.7 Å². The second-order valence-corrected chi connectivity index (χ2v) is 8.76. The highest BCUT2D eigenvalue weighted by Crippen LogP contribution is 2.35. The molecule has 0 aromatic heterocycles. The van der Waals surface area contributed by atoms with E-state index in [4.69, 9.17) is 15.2 Å². The lowest BCUT2D eigenvalue weighted by Gasteiger charge is -2.27. The van der Waals surface area contributed by atoms with E-state index in [0.29, 0.717) is 19.8 Å². The van der Waals surface area contributed by atoms with Gasteiger partial charge in [-0.25, -0.2) is 0 Å². The molecule has 0 heterocycles. The highest BCUT2D eigenvalue weighted by Gasteiger charge is 2.23. The molecule has 0 radical (unpaired) electrons. The Labute approximate surface area is 158 Å². The Balaban J connectivity index is 2.01. The summed E-state index contributed by atoms with van der Waals surface area (Å²) in [4.78, 5) is 0. The Morgan fingerprint density at radius 3 is 1.92 bits per heavy atom. The van der Waals surface area contributed by atoms with Crippen molar-refractivity contribution < 1.29 is 9.47 Å². The number of benzene rings is 2. The molecule has 0 fully saturated rings. The van der Waals surface area contributed by atoms with Gasteiger partial charge < -0.3 is 15.2 Å². The van der Waals surface area contributed by atoms with Crippen molar-refractivity contribution in [1.29, 1.82) is 0 Å². The highest BCUT2D eigenvalue weighted by atomic mass is 16.5. The largest absolute Gasteiger partial charge is 0.490 e. The maximum Gasteiger partial charge on any atom is 0.123 e. The summed E-state index contributed by atoms with van der Waals surface area (Å²) >= 11 is 0. The summed E-state index contributed by atoms with van der Waals surface area (Å²) in [6.45, 7) is 14.9. The van der Waals surface area contributed by atoms with Gasteiger partial charge in [-0.2, -0.15) is 0 Å². The number of rotatable bonds is 6. The third-order valence-electron chi connectivity index (χ3n) is 4.42. The number of hydrogen-bond acceptors (Lipinski definition) is 3. The average molecular weight is 356 g/mol. The van der Waals surface area contributed by atoms with Crippen LogP contribution in [-0.4, -0.2) is 13.2 Å². The van der Waals surface area contributed by atoms with Gasteiger partial charge in [0, 0.05) is 6.54 Å². The van der Waals surface area contributed by atoms with E-state index >= 15 is 0 Å². The lowest BCUT2D eigenvalue weighted by atomic mass is 9.80. The van der Waals surface area contributed by atoms with E-state index in [-0.39, 0.29) is 10.8 Å². The summed E-state index contributed by atoms with van der Waals surface area (Å²) in [5.41, 5.74) is 9.42. The fourth-order valence-corrected chi connectivity index (χ4v) is 2.74. The monoisotopic (exact) mass is 355 g/mol. The first-order valence-corrected chi connectivity index (χ1v) is 9.31. The summed E-state index contributed by atoms with van der Waals surface area (Å²) in [7, 11) is 0. The molecule has 2 N–H and O–H groups in total. The summed E-state index contributed by atoms with van der Waals surface area (Å²) in [5.74, 6) is 1.78. The molecule has 0 saturated carbocycles. The summed E-state index contributed by atoms with van der Waals surface area (Å²) < 4.78 is 11.8. The van der Waals surface area contributed by atoms with Crippen LogP contribution in [0.5, 0.6) is 11.5 Å². The Kier molecular flexibility index (Phi) is 6.35. The minimum Gasteiger partial charge on any atom is -0.490 e. The lowest BCUT2D eigenvalue weighted by Crippen LogP contribution is -2.18. The van der Waals surface area contributed by atoms with Crippen LogP contribution in [0.25, 0.3) is 0 Å². The van der Waals surface area contributed by atoms with E-state index < -0.39 is 0 Å². The van der Waals surface area contributed by atoms with Crippen molar-refractivity contribution in [2.24, 2.45) is 5.73 Å². The second-order valence-electron chi connectivity index (χ2n) is 8.76. The van der Waals surface area contributed by atoms with Crippen LogP contribution in [0, 0.1) is 0 Å². The van der Waals surface area contributed by atoms with Crippen LogP contribution < -0.4 is 15.2 Å². The molecule has 0 aliphatic carbocycles. The quantitative estimate of drug-likeness (QED) is 0.725. The molecule has 0 amide bonds. The Hall–Kier alpha value is -2.00. The molecule has 2 aromatic carbocycles. The van der Waals surface area contributed by atoms with Crippen molar-refractivity contribution >= 4 is 0 Å². The van der Waals surface area contributed by atoms with Gasteiger partial charge in [-0.1, -0.05) is 65.8 Å². The van der Waals surface area contributed by atoms with Gasteiger partial charge in [0.2, 0.25) is 0 Å². The smallest absolute Gasteiger partial charge is 0.123 e. The maximum absolute atomic E-state index is 6.05. The van der Waals surface area contributed by atoms with Crippen LogP contribution in [-0.2, 0) is 17.4 Å². The molecule has 0 atom stereocenters. The minimum atomic E-state index is 0.0233. The molecule has 142 valence electrons. The van der Waals surface area contributed by atoms with Gasteiger partial charge in [0.15, 0.2) is 0 Å². The Morgan fingerprint density at radius 1 is 0.769 bits per heavy atom. The first-order valence-electron chi connectivity index (χ1n) is 9.31. The zero-order valence-corrected chi connectivity index (χ0v) is 17.1. The van der Waals surface area contributed by atoms with Gasteiger partial charge in [-0.05, 0) is 45.7 Å². The van der Waals surface area contributed by atoms with Gasteiger partial charge in [-0.3, -0.25) is 0 Å². The van der Waals surface area contributed by atoms with Gasteiger partial charge in [0.1, 0.15) is 24.7 Å². The first kappa shape index (κ1) is 20.3. The molecular formula is C23H33NO2. The Morgan fingerprint density at radius 2 is 1.38 bits per heavy atom. The van der Waals surface area contributed by atoms with Crippen LogP contribution >= 0.6 is 0 Å². The summed E-state index contributed by atoms with van der Waals surface area (Å²) in [6, 6.07) is 14.4. The van der Waals surface area contributed by atoms with E-state index in [0.717, 1.165) is 17.1 Å². The molecule has 0 aliphatic rings. The predicted octanol–water partition coefficient (Wildman–Crippen LogP) is 5.20. The van der Waals surface area contributed by atoms with Crippen molar-refractivity contribution in [1.82, 2.24) is 0 Å². The van der Waals surface area contributed by atoms with Gasteiger partial charge in [0.05, 0.1) is 0 Å². The second kappa shape index (κ2) is 8.13. The van der Waals surface area contributed by atoms with Crippen LogP contribution in [0.15, 0.2) is 42.5 Å². The third-order valence-corrected chi connectivity index (χ3v) is 4.42. The fourth-order valence-electron chi connectivity index (χ4n) is 2.74. The van der Waals surface area contributed by atoms with Crippen molar-refractivity contribution in [3.63, 3.8) is 0 Å². The van der Waals surface area contributed by atoms with E-state index in [1.54, 1.807) is 0 Å². The number of nitrogens with two attached hydrogens (primary N) is 1. The number of hydrogen-bond donors (Lipinski definition) is 1. The van der Waals surface area contributed by atoms with Gasteiger partial charge in [-0.15, -0.1) is 0 Å². The molecule has 3 nitrogen and oxygen atoms in total. The van der Waals surface area contributed by atoms with Crippen LogP contribution in [0.1, 0.15) is 58.2 Å². The molecule has 3 heteroatoms. The van der Waals surface area contributed by atoms with Crippen LogP contribution in [0.2, 0.25) is 0 Å². The molecule has 26 heavy (non-hydrogen) atoms. The highest BCUT2D eigenvalue weighted by molar-refractivity contribution is 5.43. The zero-order valence-electron chi connectivity index (χ0n) is 17.1. The zero-order chi connectivity index (χ0) is 19.4. The first-order chi connectivity index (χ1) is 12.1. The maximum atomic E-state index is 6.05. The molecule has 2 aromatic rings. The Bertz CT molecular complexity index is 706. The van der Waals surface area contributed by atoms with Crippen molar-refractivity contribution in [2.45, 2.75) is 58.9 Å². The fraction of sp³-hybridized carbons (Fsp3) is 0.478. The molecule has 0 aliphatic heterocycles. The molecule has 0 saturated heterocycles. The lowest BCUT2D eigenvalue weighted by molar-refractivity contribution is 0.214. The number of ether oxygens (including phenoxy) is 2. The molecule has 0 unspecified atom stereocenters. The van der Waals surface area contributed by atoms with E-state index in [9.17, 15) is 0 Å². The van der Waals surface area contributed by atoms with E-state index in [1.165, 1.54) is 11.1 Å². The SMILES string of the molecule is CC(C)(C)c1ccc(OCCOc2ccc(CN)cc2)c(C(C)(C)C)c1. The van der Waals surface area contributed by atoms with Crippen molar-refractivity contribution in [2.75, 3.05) is 13.2 Å². The average Bonchev–Trinajstić information content (AvgIpc) is 2.57. The van der Waals surface area contributed by atoms with E-state index in [1.807, 2.05) is 24.3 Å².